The maximum Gasteiger partial charge on any atom is 0.232 e. The van der Waals surface area contributed by atoms with Gasteiger partial charge in [-0.2, -0.15) is 0 Å². The van der Waals surface area contributed by atoms with E-state index in [2.05, 4.69) is 11.2 Å². The Hall–Kier alpha value is -1.01. The van der Waals surface area contributed by atoms with Gasteiger partial charge in [0.1, 0.15) is 0 Å². The van der Waals surface area contributed by atoms with E-state index in [1.807, 2.05) is 0 Å². The third-order valence-corrected chi connectivity index (χ3v) is 2.50. The summed E-state index contributed by atoms with van der Waals surface area (Å²) in [5.41, 5.74) is 0. The van der Waals surface area contributed by atoms with Crippen LogP contribution in [0.1, 0.15) is 25.7 Å². The molecule has 1 aliphatic rings. The molecule has 0 aromatic carbocycles. The van der Waals surface area contributed by atoms with Gasteiger partial charge in [0.15, 0.2) is 0 Å². The van der Waals surface area contributed by atoms with E-state index in [1.165, 1.54) is 0 Å². The summed E-state index contributed by atoms with van der Waals surface area (Å²) < 4.78 is 0. The van der Waals surface area contributed by atoms with Gasteiger partial charge in [-0.3, -0.25) is 4.79 Å². The normalized spacial score (nSPS) is 26.8. The molecule has 0 saturated heterocycles. The number of amides is 1. The molecule has 0 aromatic rings. The Labute approximate surface area is 78.5 Å². The zero-order valence-electron chi connectivity index (χ0n) is 7.62. The number of aliphatic hydroxyl groups is 1. The molecule has 1 fully saturated rings. The first kappa shape index (κ1) is 10.1. The van der Waals surface area contributed by atoms with Gasteiger partial charge in [-0.15, -0.1) is 6.42 Å². The van der Waals surface area contributed by atoms with Crippen LogP contribution in [0.4, 0.5) is 0 Å². The van der Waals surface area contributed by atoms with Crippen LogP contribution in [-0.4, -0.2) is 23.7 Å². The van der Waals surface area contributed by atoms with Crippen LogP contribution in [0.25, 0.3) is 0 Å². The highest BCUT2D eigenvalue weighted by atomic mass is 16.3. The maximum atomic E-state index is 11.1. The van der Waals surface area contributed by atoms with Crippen LogP contribution in [0.3, 0.4) is 0 Å². The van der Waals surface area contributed by atoms with Crippen molar-refractivity contribution in [3.63, 3.8) is 0 Å². The summed E-state index contributed by atoms with van der Waals surface area (Å²) in [4.78, 5) is 11.1. The fourth-order valence-electron chi connectivity index (χ4n) is 1.80. The molecule has 72 valence electrons. The monoisotopic (exact) mass is 181 g/mol. The van der Waals surface area contributed by atoms with Crippen LogP contribution in [0.2, 0.25) is 0 Å². The van der Waals surface area contributed by atoms with Crippen LogP contribution >= 0.6 is 0 Å². The maximum absolute atomic E-state index is 11.1. The molecule has 3 nitrogen and oxygen atoms in total. The van der Waals surface area contributed by atoms with Crippen molar-refractivity contribution in [2.75, 3.05) is 6.61 Å². The van der Waals surface area contributed by atoms with Gasteiger partial charge in [0.25, 0.3) is 0 Å². The number of nitrogens with one attached hydrogen (secondary N) is 1. The van der Waals surface area contributed by atoms with Gasteiger partial charge in [-0.05, 0) is 12.8 Å². The van der Waals surface area contributed by atoms with E-state index in [4.69, 9.17) is 11.5 Å². The number of rotatable bonds is 3. The number of terminal acetylenes is 1. The van der Waals surface area contributed by atoms with Crippen molar-refractivity contribution in [2.24, 2.45) is 5.92 Å². The molecule has 0 aromatic heterocycles. The molecule has 0 bridgehead atoms. The molecule has 0 heterocycles. The highest BCUT2D eigenvalue weighted by Gasteiger charge is 2.27. The van der Waals surface area contributed by atoms with E-state index in [0.29, 0.717) is 0 Å². The van der Waals surface area contributed by atoms with Gasteiger partial charge >= 0.3 is 0 Å². The summed E-state index contributed by atoms with van der Waals surface area (Å²) in [7, 11) is 0. The summed E-state index contributed by atoms with van der Waals surface area (Å²) in [6, 6.07) is 0.130. The largest absolute Gasteiger partial charge is 0.396 e. The van der Waals surface area contributed by atoms with Gasteiger partial charge in [-0.25, -0.2) is 0 Å². The molecule has 0 spiro atoms. The molecule has 1 amide bonds. The van der Waals surface area contributed by atoms with Crippen molar-refractivity contribution in [3.05, 3.63) is 0 Å². The molecule has 2 N–H and O–H groups in total. The van der Waals surface area contributed by atoms with Crippen molar-refractivity contribution in [2.45, 2.75) is 31.7 Å². The van der Waals surface area contributed by atoms with E-state index in [-0.39, 0.29) is 30.9 Å². The van der Waals surface area contributed by atoms with Crippen molar-refractivity contribution in [1.82, 2.24) is 5.32 Å². The number of hydrogen-bond acceptors (Lipinski definition) is 2. The lowest BCUT2D eigenvalue weighted by molar-refractivity contribution is -0.121. The molecule has 3 heteroatoms. The van der Waals surface area contributed by atoms with E-state index in [9.17, 15) is 4.79 Å². The molecule has 0 aliphatic heterocycles. The highest BCUT2D eigenvalue weighted by molar-refractivity contribution is 5.78. The Bertz CT molecular complexity index is 219. The molecule has 0 radical (unpaired) electrons. The molecule has 1 saturated carbocycles. The van der Waals surface area contributed by atoms with E-state index in [1.54, 1.807) is 0 Å². The second-order valence-electron chi connectivity index (χ2n) is 3.43. The van der Waals surface area contributed by atoms with Crippen molar-refractivity contribution in [3.8, 4) is 12.3 Å². The smallest absolute Gasteiger partial charge is 0.232 e. The fraction of sp³-hybridized carbons (Fsp3) is 0.700. The minimum absolute atomic E-state index is 0.104. The molecule has 2 atom stereocenters. The molecule has 1 rings (SSSR count). The zero-order chi connectivity index (χ0) is 9.68. The van der Waals surface area contributed by atoms with Crippen LogP contribution in [0.5, 0.6) is 0 Å². The van der Waals surface area contributed by atoms with Gasteiger partial charge in [0, 0.05) is 18.6 Å². The van der Waals surface area contributed by atoms with Crippen LogP contribution in [-0.2, 0) is 4.79 Å². The van der Waals surface area contributed by atoms with Crippen LogP contribution in [0, 0.1) is 18.3 Å². The minimum atomic E-state index is -0.104. The van der Waals surface area contributed by atoms with Crippen LogP contribution in [0.15, 0.2) is 0 Å². The van der Waals surface area contributed by atoms with Gasteiger partial charge < -0.3 is 10.4 Å². The first-order valence-electron chi connectivity index (χ1n) is 4.61. The molecular formula is C10H15NO2. The lowest BCUT2D eigenvalue weighted by Crippen LogP contribution is -2.38. The Balaban J connectivity index is 2.35. The molecule has 1 aliphatic carbocycles. The average molecular weight is 181 g/mol. The Morgan fingerprint density at radius 2 is 2.38 bits per heavy atom. The number of carbonyl (C=O) groups is 1. The SMILES string of the molecule is C#CCC(=O)N[C@H]1CCC[C@H]1CO. The highest BCUT2D eigenvalue weighted by Crippen LogP contribution is 2.24. The second kappa shape index (κ2) is 4.88. The molecular weight excluding hydrogens is 166 g/mol. The quantitative estimate of drug-likeness (QED) is 0.615. The van der Waals surface area contributed by atoms with E-state index in [0.717, 1.165) is 19.3 Å². The number of aliphatic hydroxyl groups excluding tert-OH is 1. The Morgan fingerprint density at radius 3 is 3.00 bits per heavy atom. The predicted octanol–water partition coefficient (Wildman–Crippen LogP) is 0.287. The Kier molecular flexibility index (Phi) is 3.78. The third-order valence-electron chi connectivity index (χ3n) is 2.50. The summed E-state index contributed by atoms with van der Waals surface area (Å²) in [6.07, 6.45) is 8.18. The zero-order valence-corrected chi connectivity index (χ0v) is 7.62. The summed E-state index contributed by atoms with van der Waals surface area (Å²) >= 11 is 0. The standard InChI is InChI=1S/C10H15NO2/c1-2-4-10(13)11-9-6-3-5-8(9)7-12/h1,8-9,12H,3-7H2,(H,11,13)/t8-,9-/m0/s1. The average Bonchev–Trinajstić information content (AvgIpc) is 2.52. The fourth-order valence-corrected chi connectivity index (χ4v) is 1.80. The van der Waals surface area contributed by atoms with E-state index < -0.39 is 0 Å². The van der Waals surface area contributed by atoms with Gasteiger partial charge in [0.05, 0.1) is 6.42 Å². The lowest BCUT2D eigenvalue weighted by Gasteiger charge is -2.18. The van der Waals surface area contributed by atoms with E-state index >= 15 is 0 Å². The first-order valence-corrected chi connectivity index (χ1v) is 4.61. The predicted molar refractivity (Wildman–Crippen MR) is 49.8 cm³/mol. The number of hydrogen-bond donors (Lipinski definition) is 2. The second-order valence-corrected chi connectivity index (χ2v) is 3.43. The Morgan fingerprint density at radius 1 is 1.62 bits per heavy atom. The van der Waals surface area contributed by atoms with Gasteiger partial charge in [0.2, 0.25) is 5.91 Å². The minimum Gasteiger partial charge on any atom is -0.396 e. The number of carbonyl (C=O) groups excluding carboxylic acids is 1. The van der Waals surface area contributed by atoms with Crippen molar-refractivity contribution < 1.29 is 9.90 Å². The third kappa shape index (κ3) is 2.74. The summed E-state index contributed by atoms with van der Waals surface area (Å²) in [5, 5.41) is 11.8. The van der Waals surface area contributed by atoms with Gasteiger partial charge in [-0.1, -0.05) is 12.3 Å². The summed E-state index contributed by atoms with van der Waals surface area (Å²) in [6.45, 7) is 0.154. The lowest BCUT2D eigenvalue weighted by atomic mass is 10.1. The first-order chi connectivity index (χ1) is 6.27. The molecule has 13 heavy (non-hydrogen) atoms. The molecule has 0 unspecified atom stereocenters. The topological polar surface area (TPSA) is 49.3 Å². The van der Waals surface area contributed by atoms with Crippen molar-refractivity contribution >= 4 is 5.91 Å². The summed E-state index contributed by atoms with van der Waals surface area (Å²) in [5.74, 6) is 2.42. The van der Waals surface area contributed by atoms with Crippen molar-refractivity contribution in [1.29, 1.82) is 0 Å². The van der Waals surface area contributed by atoms with Crippen LogP contribution < -0.4 is 5.32 Å².